The molecule has 0 spiro atoms. The average Bonchev–Trinajstić information content (AvgIpc) is 2.99. The molecule has 1 aliphatic rings. The van der Waals surface area contributed by atoms with Crippen LogP contribution in [-0.4, -0.2) is 18.4 Å². The third-order valence-corrected chi connectivity index (χ3v) is 4.69. The van der Waals surface area contributed by atoms with Crippen molar-refractivity contribution < 1.29 is 9.59 Å². The van der Waals surface area contributed by atoms with E-state index in [1.54, 1.807) is 4.90 Å². The van der Waals surface area contributed by atoms with Crippen LogP contribution in [0.15, 0.2) is 48.5 Å². The van der Waals surface area contributed by atoms with Crippen molar-refractivity contribution in [1.29, 1.82) is 0 Å². The fourth-order valence-electron chi connectivity index (χ4n) is 3.05. The minimum absolute atomic E-state index is 0.00125. The molecule has 3 rings (SSSR count). The van der Waals surface area contributed by atoms with Crippen LogP contribution in [0.25, 0.3) is 0 Å². The van der Waals surface area contributed by atoms with Crippen molar-refractivity contribution in [3.63, 3.8) is 0 Å². The van der Waals surface area contributed by atoms with Gasteiger partial charge in [0.25, 0.3) is 0 Å². The van der Waals surface area contributed by atoms with Gasteiger partial charge in [-0.05, 0) is 42.7 Å². The van der Waals surface area contributed by atoms with Gasteiger partial charge in [-0.3, -0.25) is 9.59 Å². The van der Waals surface area contributed by atoms with Crippen LogP contribution >= 0.6 is 0 Å². The molecule has 1 atom stereocenters. The Morgan fingerprint density at radius 3 is 2.32 bits per heavy atom. The van der Waals surface area contributed by atoms with Crippen molar-refractivity contribution >= 4 is 23.2 Å². The van der Waals surface area contributed by atoms with Gasteiger partial charge in [-0.15, -0.1) is 0 Å². The molecule has 1 heterocycles. The standard InChI is InChI=1S/C21H24N2O2/c1-14(2)16-6-10-19(11-7-16)23-13-17(12-20(23)24)21(25)22-18-8-4-15(3)5-9-18/h4-11,14,17H,12-13H2,1-3H3,(H,22,25)/t17-/m0/s1. The van der Waals surface area contributed by atoms with Gasteiger partial charge in [-0.25, -0.2) is 0 Å². The normalized spacial score (nSPS) is 17.2. The number of hydrogen-bond acceptors (Lipinski definition) is 2. The molecule has 2 aromatic carbocycles. The maximum absolute atomic E-state index is 12.5. The second-order valence-electron chi connectivity index (χ2n) is 7.01. The van der Waals surface area contributed by atoms with Crippen molar-refractivity contribution in [3.8, 4) is 0 Å². The van der Waals surface area contributed by atoms with Gasteiger partial charge in [-0.2, -0.15) is 0 Å². The molecule has 2 amide bonds. The summed E-state index contributed by atoms with van der Waals surface area (Å²) in [6.07, 6.45) is 0.254. The van der Waals surface area contributed by atoms with Gasteiger partial charge in [0, 0.05) is 24.3 Å². The highest BCUT2D eigenvalue weighted by molar-refractivity contribution is 6.03. The van der Waals surface area contributed by atoms with Crippen LogP contribution in [0.3, 0.4) is 0 Å². The second kappa shape index (κ2) is 7.09. The Hall–Kier alpha value is -2.62. The molecule has 1 fully saturated rings. The summed E-state index contributed by atoms with van der Waals surface area (Å²) in [5.74, 6) is 0.0369. The number of aryl methyl sites for hydroxylation is 1. The van der Waals surface area contributed by atoms with Crippen molar-refractivity contribution in [2.24, 2.45) is 5.92 Å². The first-order valence-corrected chi connectivity index (χ1v) is 8.72. The zero-order valence-corrected chi connectivity index (χ0v) is 15.0. The average molecular weight is 336 g/mol. The highest BCUT2D eigenvalue weighted by atomic mass is 16.2. The van der Waals surface area contributed by atoms with Crippen LogP contribution < -0.4 is 10.2 Å². The third kappa shape index (κ3) is 3.90. The molecular formula is C21H24N2O2. The SMILES string of the molecule is Cc1ccc(NC(=O)[C@H]2CC(=O)N(c3ccc(C(C)C)cc3)C2)cc1. The molecular weight excluding hydrogens is 312 g/mol. The molecule has 130 valence electrons. The molecule has 0 aliphatic carbocycles. The molecule has 1 N–H and O–H groups in total. The molecule has 0 radical (unpaired) electrons. The van der Waals surface area contributed by atoms with E-state index in [0.29, 0.717) is 12.5 Å². The topological polar surface area (TPSA) is 49.4 Å². The quantitative estimate of drug-likeness (QED) is 0.913. The van der Waals surface area contributed by atoms with Crippen LogP contribution in [0, 0.1) is 12.8 Å². The molecule has 0 aromatic heterocycles. The van der Waals surface area contributed by atoms with E-state index in [1.807, 2.05) is 55.5 Å². The molecule has 2 aromatic rings. The lowest BCUT2D eigenvalue weighted by molar-refractivity contribution is -0.122. The summed E-state index contributed by atoms with van der Waals surface area (Å²) in [4.78, 5) is 26.5. The number of rotatable bonds is 4. The van der Waals surface area contributed by atoms with Gasteiger partial charge < -0.3 is 10.2 Å². The van der Waals surface area contributed by atoms with Crippen molar-refractivity contribution in [2.75, 3.05) is 16.8 Å². The van der Waals surface area contributed by atoms with Gasteiger partial charge in [0.2, 0.25) is 11.8 Å². The highest BCUT2D eigenvalue weighted by Crippen LogP contribution is 2.27. The number of amides is 2. The maximum Gasteiger partial charge on any atom is 0.229 e. The van der Waals surface area contributed by atoms with E-state index in [9.17, 15) is 9.59 Å². The predicted octanol–water partition coefficient (Wildman–Crippen LogP) is 4.11. The summed E-state index contributed by atoms with van der Waals surface area (Å²) in [6.45, 7) is 6.71. The van der Waals surface area contributed by atoms with E-state index in [4.69, 9.17) is 0 Å². The molecule has 1 aliphatic heterocycles. The lowest BCUT2D eigenvalue weighted by Crippen LogP contribution is -2.28. The van der Waals surface area contributed by atoms with Gasteiger partial charge >= 0.3 is 0 Å². The zero-order chi connectivity index (χ0) is 18.0. The fraction of sp³-hybridized carbons (Fsp3) is 0.333. The molecule has 1 saturated heterocycles. The lowest BCUT2D eigenvalue weighted by Gasteiger charge is -2.18. The summed E-state index contributed by atoms with van der Waals surface area (Å²) in [7, 11) is 0. The number of nitrogens with zero attached hydrogens (tertiary/aromatic N) is 1. The van der Waals surface area contributed by atoms with Gasteiger partial charge in [-0.1, -0.05) is 43.7 Å². The van der Waals surface area contributed by atoms with E-state index >= 15 is 0 Å². The smallest absolute Gasteiger partial charge is 0.229 e. The van der Waals surface area contributed by atoms with Crippen LogP contribution in [0.4, 0.5) is 11.4 Å². The third-order valence-electron chi connectivity index (χ3n) is 4.69. The van der Waals surface area contributed by atoms with E-state index in [0.717, 1.165) is 16.9 Å². The summed E-state index contributed by atoms with van der Waals surface area (Å²) < 4.78 is 0. The summed E-state index contributed by atoms with van der Waals surface area (Å²) in [5.41, 5.74) is 4.01. The number of carbonyl (C=O) groups is 2. The number of carbonyl (C=O) groups excluding carboxylic acids is 2. The first-order chi connectivity index (χ1) is 11.9. The number of benzene rings is 2. The van der Waals surface area contributed by atoms with Crippen molar-refractivity contribution in [3.05, 3.63) is 59.7 Å². The fourth-order valence-corrected chi connectivity index (χ4v) is 3.05. The van der Waals surface area contributed by atoms with Crippen LogP contribution in [-0.2, 0) is 9.59 Å². The van der Waals surface area contributed by atoms with Gasteiger partial charge in [0.05, 0.1) is 5.92 Å². The summed E-state index contributed by atoms with van der Waals surface area (Å²) in [6, 6.07) is 15.7. The molecule has 4 nitrogen and oxygen atoms in total. The molecule has 0 bridgehead atoms. The molecule has 0 unspecified atom stereocenters. The van der Waals surface area contributed by atoms with Gasteiger partial charge in [0.1, 0.15) is 0 Å². The lowest BCUT2D eigenvalue weighted by atomic mass is 10.0. The number of nitrogens with one attached hydrogen (secondary N) is 1. The minimum atomic E-state index is -0.321. The molecule has 25 heavy (non-hydrogen) atoms. The first-order valence-electron chi connectivity index (χ1n) is 8.72. The molecule has 0 saturated carbocycles. The van der Waals surface area contributed by atoms with Crippen molar-refractivity contribution in [2.45, 2.75) is 33.1 Å². The summed E-state index contributed by atoms with van der Waals surface area (Å²) >= 11 is 0. The van der Waals surface area contributed by atoms with E-state index in [2.05, 4.69) is 19.2 Å². The van der Waals surface area contributed by atoms with E-state index in [-0.39, 0.29) is 24.2 Å². The Balaban J connectivity index is 1.67. The largest absolute Gasteiger partial charge is 0.326 e. The Kier molecular flexibility index (Phi) is 4.88. The van der Waals surface area contributed by atoms with Crippen LogP contribution in [0.2, 0.25) is 0 Å². The zero-order valence-electron chi connectivity index (χ0n) is 15.0. The van der Waals surface area contributed by atoms with E-state index < -0.39 is 0 Å². The van der Waals surface area contributed by atoms with E-state index in [1.165, 1.54) is 5.56 Å². The Morgan fingerprint density at radius 2 is 1.72 bits per heavy atom. The molecule has 4 heteroatoms. The Morgan fingerprint density at radius 1 is 1.08 bits per heavy atom. The van der Waals surface area contributed by atoms with Crippen LogP contribution in [0.1, 0.15) is 37.3 Å². The summed E-state index contributed by atoms with van der Waals surface area (Å²) in [5, 5.41) is 2.91. The Bertz CT molecular complexity index is 763. The second-order valence-corrected chi connectivity index (χ2v) is 7.01. The highest BCUT2D eigenvalue weighted by Gasteiger charge is 2.35. The number of hydrogen-bond donors (Lipinski definition) is 1. The maximum atomic E-state index is 12.5. The first kappa shape index (κ1) is 17.2. The number of anilines is 2. The van der Waals surface area contributed by atoms with Crippen LogP contribution in [0.5, 0.6) is 0 Å². The minimum Gasteiger partial charge on any atom is -0.326 e. The van der Waals surface area contributed by atoms with Crippen molar-refractivity contribution in [1.82, 2.24) is 0 Å². The predicted molar refractivity (Wildman–Crippen MR) is 101 cm³/mol. The Labute approximate surface area is 148 Å². The monoisotopic (exact) mass is 336 g/mol. The van der Waals surface area contributed by atoms with Gasteiger partial charge in [0.15, 0.2) is 0 Å².